The second kappa shape index (κ2) is 3.53. The average molecular weight is 215 g/mol. The van der Waals surface area contributed by atoms with Gasteiger partial charge in [0.2, 0.25) is 0 Å². The maximum absolute atomic E-state index is 11.9. The molecule has 0 radical (unpaired) electrons. The first-order valence-corrected chi connectivity index (χ1v) is 3.93. The van der Waals surface area contributed by atoms with E-state index in [4.69, 9.17) is 11.6 Å². The van der Waals surface area contributed by atoms with Crippen molar-refractivity contribution in [1.82, 2.24) is 10.1 Å². The third-order valence-corrected chi connectivity index (χ3v) is 1.83. The fourth-order valence-electron chi connectivity index (χ4n) is 0.660. The number of hydrogen-bond donors (Lipinski definition) is 0. The normalized spacial score (nSPS) is 14.5. The van der Waals surface area contributed by atoms with Crippen molar-refractivity contribution in [3.05, 3.63) is 11.7 Å². The Balaban J connectivity index is 2.87. The summed E-state index contributed by atoms with van der Waals surface area (Å²) >= 11 is 5.60. The van der Waals surface area contributed by atoms with E-state index < -0.39 is 17.4 Å². The van der Waals surface area contributed by atoms with Crippen LogP contribution in [0, 0.1) is 0 Å². The monoisotopic (exact) mass is 214 g/mol. The fourth-order valence-corrected chi connectivity index (χ4v) is 0.748. The smallest absolute Gasteiger partial charge is 0.329 e. The van der Waals surface area contributed by atoms with Crippen molar-refractivity contribution in [1.29, 1.82) is 0 Å². The van der Waals surface area contributed by atoms with Crippen LogP contribution in [0.4, 0.5) is 13.2 Å². The largest absolute Gasteiger partial charge is 0.471 e. The molecule has 1 unspecified atom stereocenters. The van der Waals surface area contributed by atoms with Gasteiger partial charge in [-0.3, -0.25) is 0 Å². The molecule has 0 spiro atoms. The molecule has 0 amide bonds. The van der Waals surface area contributed by atoms with Gasteiger partial charge in [-0.15, -0.1) is 11.6 Å². The van der Waals surface area contributed by atoms with Crippen molar-refractivity contribution in [2.45, 2.75) is 24.9 Å². The summed E-state index contributed by atoms with van der Waals surface area (Å²) in [4.78, 5) is 3.12. The molecule has 1 heterocycles. The number of alkyl halides is 4. The Morgan fingerprint density at radius 3 is 2.54 bits per heavy atom. The van der Waals surface area contributed by atoms with Gasteiger partial charge in [-0.25, -0.2) is 0 Å². The first-order chi connectivity index (χ1) is 5.95. The summed E-state index contributed by atoms with van der Waals surface area (Å²) < 4.78 is 39.8. The van der Waals surface area contributed by atoms with Gasteiger partial charge >= 0.3 is 12.1 Å². The topological polar surface area (TPSA) is 38.9 Å². The molecule has 0 aliphatic heterocycles. The van der Waals surface area contributed by atoms with Gasteiger partial charge in [0, 0.05) is 0 Å². The Kier molecular flexibility index (Phi) is 2.80. The van der Waals surface area contributed by atoms with Gasteiger partial charge in [-0.2, -0.15) is 18.2 Å². The molecular weight excluding hydrogens is 209 g/mol. The summed E-state index contributed by atoms with van der Waals surface area (Å²) in [5, 5.41) is 2.48. The van der Waals surface area contributed by atoms with Crippen LogP contribution in [0.1, 0.15) is 30.4 Å². The maximum Gasteiger partial charge on any atom is 0.471 e. The van der Waals surface area contributed by atoms with E-state index >= 15 is 0 Å². The lowest BCUT2D eigenvalue weighted by Gasteiger charge is -1.97. The molecule has 13 heavy (non-hydrogen) atoms. The van der Waals surface area contributed by atoms with E-state index in [2.05, 4.69) is 14.7 Å². The highest BCUT2D eigenvalue weighted by atomic mass is 35.5. The minimum Gasteiger partial charge on any atom is -0.329 e. The van der Waals surface area contributed by atoms with Crippen LogP contribution in [0.3, 0.4) is 0 Å². The van der Waals surface area contributed by atoms with Gasteiger partial charge in [0.15, 0.2) is 5.82 Å². The number of rotatable bonds is 2. The van der Waals surface area contributed by atoms with Gasteiger partial charge < -0.3 is 4.52 Å². The summed E-state index contributed by atoms with van der Waals surface area (Å²) in [6, 6.07) is 0. The Labute approximate surface area is 76.9 Å². The van der Waals surface area contributed by atoms with Crippen molar-refractivity contribution < 1.29 is 17.7 Å². The first-order valence-electron chi connectivity index (χ1n) is 3.50. The van der Waals surface area contributed by atoms with E-state index in [1.54, 1.807) is 6.92 Å². The van der Waals surface area contributed by atoms with Gasteiger partial charge in [0.05, 0.1) is 5.38 Å². The minimum absolute atomic E-state index is 0.128. The SMILES string of the molecule is CCC(Cl)c1noc(C(F)(F)F)n1. The molecule has 1 atom stereocenters. The highest BCUT2D eigenvalue weighted by molar-refractivity contribution is 6.20. The quantitative estimate of drug-likeness (QED) is 0.711. The van der Waals surface area contributed by atoms with Crippen molar-refractivity contribution in [2.24, 2.45) is 0 Å². The Bertz CT molecular complexity index is 286. The lowest BCUT2D eigenvalue weighted by atomic mass is 10.3. The molecule has 0 aromatic carbocycles. The van der Waals surface area contributed by atoms with Gasteiger partial charge in [-0.1, -0.05) is 12.1 Å². The van der Waals surface area contributed by atoms with Crippen LogP contribution in [0.25, 0.3) is 0 Å². The molecule has 7 heteroatoms. The minimum atomic E-state index is -4.60. The predicted octanol–water partition coefficient (Wildman–Crippen LogP) is 2.78. The highest BCUT2D eigenvalue weighted by Gasteiger charge is 2.38. The van der Waals surface area contributed by atoms with Crippen LogP contribution in [0.2, 0.25) is 0 Å². The van der Waals surface area contributed by atoms with Crippen molar-refractivity contribution in [3.63, 3.8) is 0 Å². The molecule has 74 valence electrons. The molecule has 1 rings (SSSR count). The second-order valence-electron chi connectivity index (χ2n) is 2.33. The van der Waals surface area contributed by atoms with Gasteiger partial charge in [0.1, 0.15) is 0 Å². The number of halogens is 4. The number of aromatic nitrogens is 2. The fraction of sp³-hybridized carbons (Fsp3) is 0.667. The molecule has 0 saturated heterocycles. The van der Waals surface area contributed by atoms with Crippen LogP contribution < -0.4 is 0 Å². The Morgan fingerprint density at radius 1 is 1.54 bits per heavy atom. The molecule has 1 aromatic heterocycles. The molecule has 0 fully saturated rings. The zero-order valence-corrected chi connectivity index (χ0v) is 7.35. The molecule has 0 bridgehead atoms. The van der Waals surface area contributed by atoms with Crippen LogP contribution in [0.15, 0.2) is 4.52 Å². The van der Waals surface area contributed by atoms with Crippen molar-refractivity contribution in [3.8, 4) is 0 Å². The third kappa shape index (κ3) is 2.33. The molecule has 0 saturated carbocycles. The Hall–Kier alpha value is -0.780. The highest BCUT2D eigenvalue weighted by Crippen LogP contribution is 2.29. The van der Waals surface area contributed by atoms with E-state index in [-0.39, 0.29) is 5.82 Å². The van der Waals surface area contributed by atoms with E-state index in [0.29, 0.717) is 6.42 Å². The van der Waals surface area contributed by atoms with Crippen LogP contribution in [-0.4, -0.2) is 10.1 Å². The van der Waals surface area contributed by atoms with Crippen LogP contribution >= 0.6 is 11.6 Å². The zero-order chi connectivity index (χ0) is 10.1. The van der Waals surface area contributed by atoms with Crippen LogP contribution in [-0.2, 0) is 6.18 Å². The zero-order valence-electron chi connectivity index (χ0n) is 6.60. The summed E-state index contributed by atoms with van der Waals surface area (Å²) in [5.74, 6) is -1.49. The van der Waals surface area contributed by atoms with Crippen molar-refractivity contribution >= 4 is 11.6 Å². The lowest BCUT2D eigenvalue weighted by Crippen LogP contribution is -2.05. The second-order valence-corrected chi connectivity index (χ2v) is 2.86. The van der Waals surface area contributed by atoms with Gasteiger partial charge in [-0.05, 0) is 6.42 Å². The predicted molar refractivity (Wildman–Crippen MR) is 38.2 cm³/mol. The van der Waals surface area contributed by atoms with E-state index in [0.717, 1.165) is 0 Å². The van der Waals surface area contributed by atoms with E-state index in [9.17, 15) is 13.2 Å². The molecule has 3 nitrogen and oxygen atoms in total. The first kappa shape index (κ1) is 10.3. The summed E-state index contributed by atoms with van der Waals surface area (Å²) in [5.41, 5.74) is 0. The van der Waals surface area contributed by atoms with E-state index in [1.807, 2.05) is 0 Å². The number of nitrogens with zero attached hydrogens (tertiary/aromatic N) is 2. The molecule has 0 aliphatic rings. The van der Waals surface area contributed by atoms with Gasteiger partial charge in [0.25, 0.3) is 0 Å². The molecule has 0 aliphatic carbocycles. The molecule has 1 aromatic rings. The van der Waals surface area contributed by atoms with E-state index in [1.165, 1.54) is 0 Å². The summed E-state index contributed by atoms with van der Waals surface area (Å²) in [6.07, 6.45) is -4.16. The number of hydrogen-bond acceptors (Lipinski definition) is 3. The Morgan fingerprint density at radius 2 is 2.15 bits per heavy atom. The summed E-state index contributed by atoms with van der Waals surface area (Å²) in [6.45, 7) is 1.71. The standard InChI is InChI=1S/C6H6ClF3N2O/c1-2-3(7)4-11-5(13-12-4)6(8,9)10/h3H,2H2,1H3. The summed E-state index contributed by atoms with van der Waals surface area (Å²) in [7, 11) is 0. The maximum atomic E-state index is 11.9. The lowest BCUT2D eigenvalue weighted by molar-refractivity contribution is -0.159. The van der Waals surface area contributed by atoms with Crippen LogP contribution in [0.5, 0.6) is 0 Å². The molecular formula is C6H6ClF3N2O. The average Bonchev–Trinajstić information content (AvgIpc) is 2.50. The van der Waals surface area contributed by atoms with Crippen molar-refractivity contribution in [2.75, 3.05) is 0 Å². The third-order valence-electron chi connectivity index (χ3n) is 1.32. The molecule has 0 N–H and O–H groups in total.